The Kier molecular flexibility index (Phi) is 6.95. The highest BCUT2D eigenvalue weighted by atomic mass is 32.2. The Bertz CT molecular complexity index is 1040. The minimum atomic E-state index is -3.60. The number of nitrogens with two attached hydrogens (primary N) is 1. The lowest BCUT2D eigenvalue weighted by atomic mass is 10.1. The van der Waals surface area contributed by atoms with Crippen LogP contribution in [-0.2, 0) is 22.9 Å². The SMILES string of the molecule is CCCN(CCC)S(=O)(=O)c1ccc(C(=O)Nc2sc3c(c2C(N)=O)CCC3)cc1. The molecule has 0 radical (unpaired) electrons. The van der Waals surface area contributed by atoms with Gasteiger partial charge in [0.2, 0.25) is 10.0 Å². The van der Waals surface area contributed by atoms with Crippen molar-refractivity contribution in [2.75, 3.05) is 18.4 Å². The molecule has 7 nitrogen and oxygen atoms in total. The Hall–Kier alpha value is -2.23. The molecule has 1 aliphatic rings. The molecule has 1 aromatic heterocycles. The zero-order valence-electron chi connectivity index (χ0n) is 17.2. The third kappa shape index (κ3) is 4.43. The number of benzene rings is 1. The van der Waals surface area contributed by atoms with E-state index in [4.69, 9.17) is 5.73 Å². The summed E-state index contributed by atoms with van der Waals surface area (Å²) in [5, 5.41) is 3.24. The van der Waals surface area contributed by atoms with Gasteiger partial charge in [-0.1, -0.05) is 13.8 Å². The third-order valence-electron chi connectivity index (χ3n) is 5.10. The summed E-state index contributed by atoms with van der Waals surface area (Å²) in [7, 11) is -3.60. The summed E-state index contributed by atoms with van der Waals surface area (Å²) >= 11 is 1.39. The number of aryl methyl sites for hydroxylation is 1. The van der Waals surface area contributed by atoms with E-state index in [1.54, 1.807) is 0 Å². The first kappa shape index (κ1) is 22.5. The van der Waals surface area contributed by atoms with E-state index < -0.39 is 21.8 Å². The lowest BCUT2D eigenvalue weighted by Crippen LogP contribution is -2.32. The van der Waals surface area contributed by atoms with Gasteiger partial charge in [-0.2, -0.15) is 4.31 Å². The average molecular weight is 450 g/mol. The van der Waals surface area contributed by atoms with Crippen LogP contribution in [0.1, 0.15) is 64.3 Å². The number of nitrogens with zero attached hydrogens (tertiary/aromatic N) is 1. The van der Waals surface area contributed by atoms with Gasteiger partial charge in [0.25, 0.3) is 11.8 Å². The fourth-order valence-electron chi connectivity index (χ4n) is 3.71. The number of sulfonamides is 1. The van der Waals surface area contributed by atoms with Crippen LogP contribution in [0.3, 0.4) is 0 Å². The molecular formula is C21H27N3O4S2. The first-order valence-electron chi connectivity index (χ1n) is 10.2. The van der Waals surface area contributed by atoms with Crippen molar-refractivity contribution in [2.24, 2.45) is 5.73 Å². The summed E-state index contributed by atoms with van der Waals surface area (Å²) in [5.41, 5.74) is 7.19. The largest absolute Gasteiger partial charge is 0.365 e. The number of thiophene rings is 1. The van der Waals surface area contributed by atoms with E-state index in [0.29, 0.717) is 29.2 Å². The topological polar surface area (TPSA) is 110 Å². The Morgan fingerprint density at radius 3 is 2.30 bits per heavy atom. The molecular weight excluding hydrogens is 422 g/mol. The molecule has 162 valence electrons. The molecule has 3 N–H and O–H groups in total. The van der Waals surface area contributed by atoms with E-state index in [1.807, 2.05) is 13.8 Å². The number of anilines is 1. The van der Waals surface area contributed by atoms with Crippen molar-refractivity contribution < 1.29 is 18.0 Å². The summed E-state index contributed by atoms with van der Waals surface area (Å²) in [5.74, 6) is -0.946. The molecule has 1 aromatic carbocycles. The molecule has 9 heteroatoms. The van der Waals surface area contributed by atoms with Crippen LogP contribution >= 0.6 is 11.3 Å². The standard InChI is InChI=1S/C21H27N3O4S2/c1-3-12-24(13-4-2)30(27,28)15-10-8-14(9-11-15)20(26)23-21-18(19(22)25)16-6-5-7-17(16)29-21/h8-11H,3-7,12-13H2,1-2H3,(H2,22,25)(H,23,26). The summed E-state index contributed by atoms with van der Waals surface area (Å²) in [4.78, 5) is 25.8. The summed E-state index contributed by atoms with van der Waals surface area (Å²) in [6.45, 7) is 4.79. The van der Waals surface area contributed by atoms with Gasteiger partial charge in [0.15, 0.2) is 0 Å². The Morgan fingerprint density at radius 1 is 1.10 bits per heavy atom. The molecule has 0 bridgehead atoms. The third-order valence-corrected chi connectivity index (χ3v) is 8.22. The lowest BCUT2D eigenvalue weighted by Gasteiger charge is -2.21. The van der Waals surface area contributed by atoms with Crippen LogP contribution in [0.2, 0.25) is 0 Å². The molecule has 1 aliphatic carbocycles. The molecule has 2 aromatic rings. The van der Waals surface area contributed by atoms with Crippen LogP contribution in [0.4, 0.5) is 5.00 Å². The normalized spacial score (nSPS) is 13.4. The number of amides is 2. The quantitative estimate of drug-likeness (QED) is 0.611. The van der Waals surface area contributed by atoms with Gasteiger partial charge in [-0.3, -0.25) is 9.59 Å². The van der Waals surface area contributed by atoms with Crippen molar-refractivity contribution in [1.82, 2.24) is 4.31 Å². The predicted octanol–water partition coefficient (Wildman–Crippen LogP) is 3.40. The molecule has 0 spiro atoms. The first-order chi connectivity index (χ1) is 14.3. The highest BCUT2D eigenvalue weighted by molar-refractivity contribution is 7.89. The fourth-order valence-corrected chi connectivity index (χ4v) is 6.62. The van der Waals surface area contributed by atoms with Gasteiger partial charge >= 0.3 is 0 Å². The van der Waals surface area contributed by atoms with Crippen LogP contribution in [0.15, 0.2) is 29.2 Å². The molecule has 0 aliphatic heterocycles. The van der Waals surface area contributed by atoms with Gasteiger partial charge in [0.05, 0.1) is 10.5 Å². The van der Waals surface area contributed by atoms with Crippen molar-refractivity contribution in [3.63, 3.8) is 0 Å². The monoisotopic (exact) mass is 449 g/mol. The van der Waals surface area contributed by atoms with Crippen molar-refractivity contribution in [1.29, 1.82) is 0 Å². The molecule has 1 heterocycles. The molecule has 30 heavy (non-hydrogen) atoms. The van der Waals surface area contributed by atoms with E-state index in [2.05, 4.69) is 5.32 Å². The molecule has 0 saturated carbocycles. The second kappa shape index (κ2) is 9.28. The van der Waals surface area contributed by atoms with Crippen molar-refractivity contribution in [3.8, 4) is 0 Å². The van der Waals surface area contributed by atoms with Crippen molar-refractivity contribution in [2.45, 2.75) is 50.8 Å². The maximum absolute atomic E-state index is 12.9. The van der Waals surface area contributed by atoms with E-state index in [9.17, 15) is 18.0 Å². The minimum Gasteiger partial charge on any atom is -0.365 e. The number of nitrogens with one attached hydrogen (secondary N) is 1. The molecule has 0 saturated heterocycles. The van der Waals surface area contributed by atoms with Gasteiger partial charge in [0.1, 0.15) is 5.00 Å². The lowest BCUT2D eigenvalue weighted by molar-refractivity contribution is 0.100. The van der Waals surface area contributed by atoms with Gasteiger partial charge < -0.3 is 11.1 Å². The molecule has 0 atom stereocenters. The fraction of sp³-hybridized carbons (Fsp3) is 0.429. The van der Waals surface area contributed by atoms with E-state index in [-0.39, 0.29) is 4.90 Å². The Labute approximate surface area is 181 Å². The van der Waals surface area contributed by atoms with Crippen LogP contribution in [0.25, 0.3) is 0 Å². The van der Waals surface area contributed by atoms with E-state index in [1.165, 1.54) is 39.9 Å². The zero-order valence-corrected chi connectivity index (χ0v) is 18.9. The van der Waals surface area contributed by atoms with Crippen LogP contribution in [-0.4, -0.2) is 37.6 Å². The van der Waals surface area contributed by atoms with Crippen molar-refractivity contribution in [3.05, 3.63) is 45.8 Å². The average Bonchev–Trinajstić information content (AvgIpc) is 3.28. The number of carbonyl (C=O) groups excluding carboxylic acids is 2. The predicted molar refractivity (Wildman–Crippen MR) is 119 cm³/mol. The zero-order chi connectivity index (χ0) is 21.9. The number of rotatable bonds is 9. The summed E-state index contributed by atoms with van der Waals surface area (Å²) in [6, 6.07) is 5.88. The van der Waals surface area contributed by atoms with Crippen molar-refractivity contribution >= 4 is 38.2 Å². The highest BCUT2D eigenvalue weighted by Crippen LogP contribution is 2.39. The summed E-state index contributed by atoms with van der Waals surface area (Å²) < 4.78 is 27.2. The number of carbonyl (C=O) groups is 2. The van der Waals surface area contributed by atoms with Crippen LogP contribution in [0, 0.1) is 0 Å². The summed E-state index contributed by atoms with van der Waals surface area (Å²) in [6.07, 6.45) is 4.12. The molecule has 3 rings (SSSR count). The van der Waals surface area contributed by atoms with Gasteiger partial charge in [-0.15, -0.1) is 11.3 Å². The van der Waals surface area contributed by atoms with E-state index >= 15 is 0 Å². The second-order valence-corrected chi connectivity index (χ2v) is 10.4. The molecule has 0 fully saturated rings. The smallest absolute Gasteiger partial charge is 0.256 e. The minimum absolute atomic E-state index is 0.161. The Balaban J connectivity index is 1.80. The van der Waals surface area contributed by atoms with Gasteiger partial charge in [-0.25, -0.2) is 8.42 Å². The highest BCUT2D eigenvalue weighted by Gasteiger charge is 2.27. The van der Waals surface area contributed by atoms with Gasteiger partial charge in [0, 0.05) is 23.5 Å². The Morgan fingerprint density at radius 2 is 1.73 bits per heavy atom. The van der Waals surface area contributed by atoms with Crippen LogP contribution < -0.4 is 11.1 Å². The van der Waals surface area contributed by atoms with Crippen LogP contribution in [0.5, 0.6) is 0 Å². The molecule has 2 amide bonds. The number of hydrogen-bond acceptors (Lipinski definition) is 5. The first-order valence-corrected chi connectivity index (χ1v) is 12.4. The maximum atomic E-state index is 12.9. The van der Waals surface area contributed by atoms with E-state index in [0.717, 1.165) is 42.5 Å². The van der Waals surface area contributed by atoms with Gasteiger partial charge in [-0.05, 0) is 61.9 Å². The second-order valence-electron chi connectivity index (χ2n) is 7.31. The number of primary amides is 1. The number of fused-ring (bicyclic) bond motifs is 1. The number of hydrogen-bond donors (Lipinski definition) is 2. The molecule has 0 unspecified atom stereocenters. The maximum Gasteiger partial charge on any atom is 0.256 e.